The summed E-state index contributed by atoms with van der Waals surface area (Å²) >= 11 is 1.39. The molecular formula is C28H23N3O4S. The lowest BCUT2D eigenvalue weighted by molar-refractivity contribution is -0.112. The Bertz CT molecular complexity index is 1530. The van der Waals surface area contributed by atoms with E-state index in [1.165, 1.54) is 17.4 Å². The smallest absolute Gasteiger partial charge is 0.341 e. The summed E-state index contributed by atoms with van der Waals surface area (Å²) in [6, 6.07) is 17.0. The fourth-order valence-corrected chi connectivity index (χ4v) is 5.68. The molecule has 1 aliphatic rings. The molecule has 1 N–H and O–H groups in total. The van der Waals surface area contributed by atoms with Crippen molar-refractivity contribution in [1.29, 1.82) is 5.26 Å². The molecule has 1 amide bonds. The van der Waals surface area contributed by atoms with E-state index in [4.69, 9.17) is 9.26 Å². The van der Waals surface area contributed by atoms with Crippen LogP contribution in [-0.4, -0.2) is 23.6 Å². The topological polar surface area (TPSA) is 105 Å². The average Bonchev–Trinajstić information content (AvgIpc) is 3.48. The van der Waals surface area contributed by atoms with Crippen LogP contribution in [-0.2, 0) is 22.4 Å². The van der Waals surface area contributed by atoms with Crippen LogP contribution >= 0.6 is 11.3 Å². The fraction of sp³-hybridized carbons (Fsp3) is 0.214. The van der Waals surface area contributed by atoms with Gasteiger partial charge in [0.1, 0.15) is 22.2 Å². The van der Waals surface area contributed by atoms with E-state index in [9.17, 15) is 14.9 Å². The number of ether oxygens (including phenoxy) is 1. The molecule has 7 nitrogen and oxygen atoms in total. The number of rotatable bonds is 6. The number of aromatic nitrogens is 1. The SMILES string of the molecule is CCOC(=O)c1c(NC(=O)/C(C#N)=C/c2ccc3noc(-c4ccccc4)c3c2)sc2c1CCCC2. The zero-order valence-corrected chi connectivity index (χ0v) is 20.5. The first-order chi connectivity index (χ1) is 17.6. The number of fused-ring (bicyclic) bond motifs is 2. The first kappa shape index (κ1) is 23.5. The molecule has 8 heteroatoms. The normalized spacial score (nSPS) is 13.2. The summed E-state index contributed by atoms with van der Waals surface area (Å²) in [6.07, 6.45) is 5.20. The summed E-state index contributed by atoms with van der Waals surface area (Å²) in [5.74, 6) is -0.400. The predicted molar refractivity (Wildman–Crippen MR) is 139 cm³/mol. The van der Waals surface area contributed by atoms with Gasteiger partial charge in [0.25, 0.3) is 5.91 Å². The number of anilines is 1. The zero-order chi connectivity index (χ0) is 25.1. The molecule has 0 unspecified atom stereocenters. The lowest BCUT2D eigenvalue weighted by atomic mass is 9.95. The fourth-order valence-electron chi connectivity index (χ4n) is 4.41. The molecule has 36 heavy (non-hydrogen) atoms. The number of carbonyl (C=O) groups is 2. The Hall–Kier alpha value is -4.22. The van der Waals surface area contributed by atoms with Gasteiger partial charge in [-0.2, -0.15) is 5.26 Å². The van der Waals surface area contributed by atoms with Crippen molar-refractivity contribution >= 4 is 45.2 Å². The number of hydrogen-bond donors (Lipinski definition) is 1. The summed E-state index contributed by atoms with van der Waals surface area (Å²) < 4.78 is 10.8. The molecule has 0 saturated carbocycles. The molecule has 0 atom stereocenters. The van der Waals surface area contributed by atoms with Crippen LogP contribution in [0.2, 0.25) is 0 Å². The molecule has 0 bridgehead atoms. The van der Waals surface area contributed by atoms with Gasteiger partial charge in [-0.15, -0.1) is 11.3 Å². The summed E-state index contributed by atoms with van der Waals surface area (Å²) in [6.45, 7) is 2.00. The van der Waals surface area contributed by atoms with E-state index in [-0.39, 0.29) is 12.2 Å². The summed E-state index contributed by atoms with van der Waals surface area (Å²) in [5.41, 5.74) is 3.51. The molecule has 0 radical (unpaired) electrons. The zero-order valence-electron chi connectivity index (χ0n) is 19.7. The van der Waals surface area contributed by atoms with Gasteiger partial charge in [0.2, 0.25) is 0 Å². The first-order valence-corrected chi connectivity index (χ1v) is 12.6. The second kappa shape index (κ2) is 10.2. The van der Waals surface area contributed by atoms with E-state index in [2.05, 4.69) is 10.5 Å². The Labute approximate surface area is 212 Å². The number of aryl methyl sites for hydroxylation is 1. The number of thiophene rings is 1. The number of esters is 1. The van der Waals surface area contributed by atoms with Gasteiger partial charge >= 0.3 is 5.97 Å². The van der Waals surface area contributed by atoms with Crippen LogP contribution in [0.5, 0.6) is 0 Å². The molecular weight excluding hydrogens is 474 g/mol. The van der Waals surface area contributed by atoms with Crippen LogP contribution in [0.1, 0.15) is 46.1 Å². The molecule has 0 fully saturated rings. The van der Waals surface area contributed by atoms with Crippen molar-refractivity contribution in [3.8, 4) is 17.4 Å². The van der Waals surface area contributed by atoms with Gasteiger partial charge in [-0.05, 0) is 61.9 Å². The first-order valence-electron chi connectivity index (χ1n) is 11.8. The maximum atomic E-state index is 13.1. The van der Waals surface area contributed by atoms with Crippen molar-refractivity contribution in [2.45, 2.75) is 32.6 Å². The summed E-state index contributed by atoms with van der Waals surface area (Å²) in [7, 11) is 0. The lowest BCUT2D eigenvalue weighted by Crippen LogP contribution is -2.16. The van der Waals surface area contributed by atoms with E-state index in [1.54, 1.807) is 19.1 Å². The van der Waals surface area contributed by atoms with Crippen LogP contribution in [0.15, 0.2) is 58.6 Å². The van der Waals surface area contributed by atoms with Gasteiger partial charge < -0.3 is 14.6 Å². The van der Waals surface area contributed by atoms with Crippen molar-refractivity contribution < 1.29 is 18.8 Å². The van der Waals surface area contributed by atoms with E-state index in [0.29, 0.717) is 27.4 Å². The van der Waals surface area contributed by atoms with Crippen LogP contribution in [0.3, 0.4) is 0 Å². The quantitative estimate of drug-likeness (QED) is 0.194. The Kier molecular flexibility index (Phi) is 6.65. The molecule has 2 heterocycles. The maximum absolute atomic E-state index is 13.1. The largest absolute Gasteiger partial charge is 0.462 e. The van der Waals surface area contributed by atoms with E-state index < -0.39 is 11.9 Å². The van der Waals surface area contributed by atoms with Crippen molar-refractivity contribution in [2.24, 2.45) is 0 Å². The van der Waals surface area contributed by atoms with Crippen LogP contribution < -0.4 is 5.32 Å². The van der Waals surface area contributed by atoms with Crippen molar-refractivity contribution in [3.63, 3.8) is 0 Å². The third-order valence-electron chi connectivity index (χ3n) is 6.09. The third kappa shape index (κ3) is 4.53. The highest BCUT2D eigenvalue weighted by atomic mass is 32.1. The minimum absolute atomic E-state index is 0.0757. The van der Waals surface area contributed by atoms with E-state index in [1.807, 2.05) is 42.5 Å². The Balaban J connectivity index is 1.46. The van der Waals surface area contributed by atoms with Gasteiger partial charge in [0.15, 0.2) is 5.76 Å². The number of benzene rings is 2. The van der Waals surface area contributed by atoms with Crippen LogP contribution in [0, 0.1) is 11.3 Å². The molecule has 4 aromatic rings. The monoisotopic (exact) mass is 497 g/mol. The predicted octanol–water partition coefficient (Wildman–Crippen LogP) is 6.16. The molecule has 0 spiro atoms. The van der Waals surface area contributed by atoms with Gasteiger partial charge in [-0.1, -0.05) is 41.6 Å². The Morgan fingerprint density at radius 1 is 1.19 bits per heavy atom. The third-order valence-corrected chi connectivity index (χ3v) is 7.30. The Morgan fingerprint density at radius 2 is 2.00 bits per heavy atom. The molecule has 0 saturated heterocycles. The molecule has 180 valence electrons. The minimum atomic E-state index is -0.574. The second-order valence-electron chi connectivity index (χ2n) is 8.41. The number of nitrogens with zero attached hydrogens (tertiary/aromatic N) is 2. The number of hydrogen-bond acceptors (Lipinski definition) is 7. The molecule has 2 aromatic carbocycles. The van der Waals surface area contributed by atoms with Crippen LogP contribution in [0.4, 0.5) is 5.00 Å². The molecule has 0 aliphatic heterocycles. The standard InChI is InChI=1S/C28H23N3O4S/c1-2-34-28(33)24-20-10-6-7-11-23(20)36-27(24)30-26(32)19(16-29)14-17-12-13-22-21(15-17)25(35-31-22)18-8-4-3-5-9-18/h3-5,8-9,12-15H,2,6-7,10-11H2,1H3,(H,30,32)/b19-14+. The van der Waals surface area contributed by atoms with Gasteiger partial charge in [-0.3, -0.25) is 4.79 Å². The van der Waals surface area contributed by atoms with Crippen molar-refractivity contribution in [1.82, 2.24) is 5.16 Å². The number of nitrogens with one attached hydrogen (secondary N) is 1. The van der Waals surface area contributed by atoms with E-state index >= 15 is 0 Å². The average molecular weight is 498 g/mol. The highest BCUT2D eigenvalue weighted by molar-refractivity contribution is 7.17. The number of amides is 1. The van der Waals surface area contributed by atoms with E-state index in [0.717, 1.165) is 47.1 Å². The number of carbonyl (C=O) groups excluding carboxylic acids is 2. The number of nitriles is 1. The Morgan fingerprint density at radius 3 is 2.78 bits per heavy atom. The molecule has 2 aromatic heterocycles. The van der Waals surface area contributed by atoms with Gasteiger partial charge in [0.05, 0.1) is 17.6 Å². The second-order valence-corrected chi connectivity index (χ2v) is 9.52. The molecule has 1 aliphatic carbocycles. The lowest BCUT2D eigenvalue weighted by Gasteiger charge is -2.12. The highest BCUT2D eigenvalue weighted by Gasteiger charge is 2.27. The van der Waals surface area contributed by atoms with Crippen molar-refractivity contribution in [3.05, 3.63) is 75.7 Å². The minimum Gasteiger partial charge on any atom is -0.462 e. The maximum Gasteiger partial charge on any atom is 0.341 e. The molecule has 5 rings (SSSR count). The van der Waals surface area contributed by atoms with Crippen LogP contribution in [0.25, 0.3) is 28.3 Å². The highest BCUT2D eigenvalue weighted by Crippen LogP contribution is 2.39. The van der Waals surface area contributed by atoms with Gasteiger partial charge in [0, 0.05) is 10.4 Å². The van der Waals surface area contributed by atoms with Crippen molar-refractivity contribution in [2.75, 3.05) is 11.9 Å². The summed E-state index contributed by atoms with van der Waals surface area (Å²) in [5, 5.41) is 17.9. The summed E-state index contributed by atoms with van der Waals surface area (Å²) in [4.78, 5) is 26.9. The van der Waals surface area contributed by atoms with Gasteiger partial charge in [-0.25, -0.2) is 4.79 Å².